The molecule has 2 heterocycles. The molecule has 4 aromatic rings. The summed E-state index contributed by atoms with van der Waals surface area (Å²) in [6, 6.07) is 18.1. The van der Waals surface area contributed by atoms with Gasteiger partial charge < -0.3 is 24.1 Å². The minimum atomic E-state index is -3.66. The predicted molar refractivity (Wildman–Crippen MR) is 173 cm³/mol. The summed E-state index contributed by atoms with van der Waals surface area (Å²) in [4.78, 5) is 27.9. The number of ether oxygens (including phenoxy) is 2. The normalized spacial score (nSPS) is 16.5. The number of para-hydroxylation sites is 1. The van der Waals surface area contributed by atoms with Crippen molar-refractivity contribution in [1.29, 1.82) is 0 Å². The molecule has 2 amide bonds. The molecule has 254 valence electrons. The molecule has 1 N–H and O–H groups in total. The monoisotopic (exact) mass is 682 g/mol. The third-order valence-electron chi connectivity index (χ3n) is 7.76. The molecule has 0 fully saturated rings. The lowest BCUT2D eigenvalue weighted by Gasteiger charge is -2.27. The largest absolute Gasteiger partial charge is 0.457 e. The molecule has 1 atom stereocenters. The van der Waals surface area contributed by atoms with E-state index in [1.807, 2.05) is 18.2 Å². The van der Waals surface area contributed by atoms with E-state index in [1.54, 1.807) is 57.2 Å². The third kappa shape index (κ3) is 7.48. The molecule has 5 rings (SSSR count). The summed E-state index contributed by atoms with van der Waals surface area (Å²) in [7, 11) is -3.66. The fraction of sp³-hybridized carbons (Fsp3) is 0.353. The minimum Gasteiger partial charge on any atom is -0.457 e. The van der Waals surface area contributed by atoms with Crippen LogP contribution in [0.4, 0.5) is 19.3 Å². The Balaban J connectivity index is 1.54. The minimum absolute atomic E-state index is 0.129. The number of hydrogen-bond donors (Lipinski definition) is 1. The Bertz CT molecular complexity index is 1920. The topological polar surface area (TPSA) is 141 Å². The van der Waals surface area contributed by atoms with Crippen molar-refractivity contribution in [2.75, 3.05) is 11.2 Å². The molecule has 0 spiro atoms. The van der Waals surface area contributed by atoms with Crippen molar-refractivity contribution in [2.45, 2.75) is 69.9 Å². The van der Waals surface area contributed by atoms with Gasteiger partial charge in [-0.1, -0.05) is 36.4 Å². The number of carbonyl (C=O) groups excluding carboxylic acids is 2. The van der Waals surface area contributed by atoms with Gasteiger partial charge in [-0.15, -0.1) is 10.2 Å². The number of sulfone groups is 1. The molecule has 0 saturated carbocycles. The molecule has 0 radical (unpaired) electrons. The van der Waals surface area contributed by atoms with E-state index in [1.165, 1.54) is 26.0 Å². The highest BCUT2D eigenvalue weighted by molar-refractivity contribution is 7.91. The second-order valence-electron chi connectivity index (χ2n) is 13.0. The summed E-state index contributed by atoms with van der Waals surface area (Å²) in [5.74, 6) is -3.54. The molecule has 0 aliphatic carbocycles. The lowest BCUT2D eigenvalue weighted by atomic mass is 9.99. The first-order valence-corrected chi connectivity index (χ1v) is 16.9. The Morgan fingerprint density at radius 3 is 2.27 bits per heavy atom. The molecule has 1 aliphatic rings. The molecule has 1 aliphatic heterocycles. The zero-order valence-electron chi connectivity index (χ0n) is 27.3. The van der Waals surface area contributed by atoms with Gasteiger partial charge in [-0.25, -0.2) is 22.0 Å². The average molecular weight is 683 g/mol. The molecule has 14 heteroatoms. The maximum Gasteiger partial charge on any atom is 0.408 e. The van der Waals surface area contributed by atoms with Crippen LogP contribution in [0.15, 0.2) is 77.2 Å². The van der Waals surface area contributed by atoms with Crippen molar-refractivity contribution in [3.8, 4) is 23.0 Å². The van der Waals surface area contributed by atoms with E-state index in [0.29, 0.717) is 17.1 Å². The molecule has 11 nitrogen and oxygen atoms in total. The van der Waals surface area contributed by atoms with Crippen molar-refractivity contribution >= 4 is 27.5 Å². The summed E-state index contributed by atoms with van der Waals surface area (Å²) in [6.07, 6.45) is -1.00. The van der Waals surface area contributed by atoms with Crippen molar-refractivity contribution in [2.24, 2.45) is 0 Å². The van der Waals surface area contributed by atoms with E-state index in [4.69, 9.17) is 13.9 Å². The summed E-state index contributed by atoms with van der Waals surface area (Å²) in [5.41, 5.74) is -0.793. The molecule has 1 aromatic heterocycles. The van der Waals surface area contributed by atoms with E-state index in [2.05, 4.69) is 15.5 Å². The highest BCUT2D eigenvalue weighted by atomic mass is 32.2. The Morgan fingerprint density at radius 1 is 1.00 bits per heavy atom. The van der Waals surface area contributed by atoms with Crippen LogP contribution in [0.5, 0.6) is 11.5 Å². The Labute approximate surface area is 277 Å². The first-order chi connectivity index (χ1) is 22.3. The number of benzene rings is 3. The zero-order valence-corrected chi connectivity index (χ0v) is 28.1. The Hall–Kier alpha value is -4.85. The Kier molecular flexibility index (Phi) is 9.08. The molecule has 0 bridgehead atoms. The number of alkyl carbamates (subject to hydrolysis) is 1. The van der Waals surface area contributed by atoms with Gasteiger partial charge in [0.2, 0.25) is 17.7 Å². The van der Waals surface area contributed by atoms with Crippen molar-refractivity contribution in [1.82, 2.24) is 15.5 Å². The maximum absolute atomic E-state index is 16.0. The molecular weight excluding hydrogens is 646 g/mol. The van der Waals surface area contributed by atoms with Gasteiger partial charge >= 0.3 is 6.09 Å². The van der Waals surface area contributed by atoms with Crippen molar-refractivity contribution in [3.63, 3.8) is 0 Å². The number of nitrogens with one attached hydrogen (secondary N) is 1. The van der Waals surface area contributed by atoms with E-state index < -0.39 is 56.1 Å². The number of amides is 2. The number of aromatic nitrogens is 2. The summed E-state index contributed by atoms with van der Waals surface area (Å²) in [5, 5.41) is 10.2. The SMILES string of the molecule is CC(C)(C)OC(=O)N[C@H]1CC(F)(F)c2ccc(-c3nnc(C(C)(C)S(C)(=O)=O)o3)cc2N(Cc2ccc(Oc3ccccc3)cc2)C1=O. The summed E-state index contributed by atoms with van der Waals surface area (Å²) < 4.78 is 71.9. The molecule has 0 unspecified atom stereocenters. The smallest absolute Gasteiger partial charge is 0.408 e. The second kappa shape index (κ2) is 12.6. The van der Waals surface area contributed by atoms with Gasteiger partial charge in [-0.05, 0) is 76.6 Å². The number of nitrogens with zero attached hydrogens (tertiary/aromatic N) is 3. The van der Waals surface area contributed by atoms with Crippen LogP contribution in [-0.4, -0.2) is 48.5 Å². The van der Waals surface area contributed by atoms with Crippen molar-refractivity contribution in [3.05, 3.63) is 89.8 Å². The van der Waals surface area contributed by atoms with Gasteiger partial charge in [0.15, 0.2) is 9.84 Å². The van der Waals surface area contributed by atoms with E-state index in [-0.39, 0.29) is 29.6 Å². The molecule has 0 saturated heterocycles. The zero-order chi connectivity index (χ0) is 35.1. The van der Waals surface area contributed by atoms with Gasteiger partial charge in [-0.2, -0.15) is 0 Å². The third-order valence-corrected chi connectivity index (χ3v) is 9.78. The predicted octanol–water partition coefficient (Wildman–Crippen LogP) is 6.73. The van der Waals surface area contributed by atoms with E-state index >= 15 is 8.78 Å². The number of fused-ring (bicyclic) bond motifs is 1. The number of anilines is 1. The van der Waals surface area contributed by atoms with Gasteiger partial charge in [0.05, 0.1) is 12.2 Å². The fourth-order valence-corrected chi connectivity index (χ4v) is 5.29. The molecule has 3 aromatic carbocycles. The summed E-state index contributed by atoms with van der Waals surface area (Å²) in [6.45, 7) is 7.51. The molecular formula is C34H36F2N4O7S. The van der Waals surface area contributed by atoms with Crippen LogP contribution in [0, 0.1) is 0 Å². The quantitative estimate of drug-likeness (QED) is 0.214. The van der Waals surface area contributed by atoms with Gasteiger partial charge in [0, 0.05) is 23.8 Å². The van der Waals surface area contributed by atoms with E-state index in [9.17, 15) is 18.0 Å². The first-order valence-electron chi connectivity index (χ1n) is 15.0. The van der Waals surface area contributed by atoms with Gasteiger partial charge in [-0.3, -0.25) is 4.79 Å². The fourth-order valence-electron chi connectivity index (χ4n) is 4.90. The number of hydrogen-bond acceptors (Lipinski definition) is 9. The van der Waals surface area contributed by atoms with Crippen LogP contribution in [0.2, 0.25) is 0 Å². The van der Waals surface area contributed by atoms with Crippen LogP contribution in [0.3, 0.4) is 0 Å². The number of halogens is 2. The number of carbonyl (C=O) groups is 2. The van der Waals surface area contributed by atoms with Crippen LogP contribution >= 0.6 is 0 Å². The van der Waals surface area contributed by atoms with Gasteiger partial charge in [0.1, 0.15) is 27.9 Å². The van der Waals surface area contributed by atoms with Crippen LogP contribution in [0.25, 0.3) is 11.5 Å². The maximum atomic E-state index is 16.0. The average Bonchev–Trinajstić information content (AvgIpc) is 3.48. The standard InChI is InChI=1S/C34H36F2N4O7S/c1-32(2,3)47-31(42)37-26-19-34(35,36)25-17-14-22(28-38-39-30(46-28)33(4,5)48(6,43)44)18-27(25)40(29(26)41)20-21-12-15-24(16-13-21)45-23-10-8-7-9-11-23/h7-18,26H,19-20H2,1-6H3,(H,37,42)/t26-/m0/s1. The second-order valence-corrected chi connectivity index (χ2v) is 15.6. The van der Waals surface area contributed by atoms with Crippen LogP contribution in [0.1, 0.15) is 58.1 Å². The first kappa shape index (κ1) is 34.5. The van der Waals surface area contributed by atoms with Gasteiger partial charge in [0.25, 0.3) is 5.92 Å². The van der Waals surface area contributed by atoms with Crippen LogP contribution < -0.4 is 15.0 Å². The highest BCUT2D eigenvalue weighted by Crippen LogP contribution is 2.44. The highest BCUT2D eigenvalue weighted by Gasteiger charge is 2.46. The summed E-state index contributed by atoms with van der Waals surface area (Å²) >= 11 is 0. The van der Waals surface area contributed by atoms with Crippen LogP contribution in [-0.2, 0) is 36.6 Å². The van der Waals surface area contributed by atoms with Crippen molar-refractivity contribution < 1.29 is 40.7 Å². The lowest BCUT2D eigenvalue weighted by molar-refractivity contribution is -0.123. The number of alkyl halides is 2. The number of rotatable bonds is 8. The Morgan fingerprint density at radius 2 is 1.65 bits per heavy atom. The lowest BCUT2D eigenvalue weighted by Crippen LogP contribution is -2.49. The van der Waals surface area contributed by atoms with E-state index in [0.717, 1.165) is 17.2 Å². The molecule has 48 heavy (non-hydrogen) atoms.